The number of hydrogen-bond donors (Lipinski definition) is 0. The van der Waals surface area contributed by atoms with Crippen LogP contribution < -0.4 is 0 Å². The van der Waals surface area contributed by atoms with Crippen LogP contribution in [0.5, 0.6) is 0 Å². The molecule has 1 heterocycles. The van der Waals surface area contributed by atoms with Gasteiger partial charge in [0.25, 0.3) is 0 Å². The van der Waals surface area contributed by atoms with E-state index >= 15 is 0 Å². The lowest BCUT2D eigenvalue weighted by atomic mass is 10.1. The fourth-order valence-electron chi connectivity index (χ4n) is 1.35. The van der Waals surface area contributed by atoms with Crippen LogP contribution in [0.2, 0.25) is 0 Å². The molecule has 82 valence electrons. The molecule has 0 unspecified atom stereocenters. The maximum Gasteiger partial charge on any atom is 0.168 e. The Kier molecular flexibility index (Phi) is 3.52. The van der Waals surface area contributed by atoms with Crippen molar-refractivity contribution in [3.8, 4) is 0 Å². The second-order valence-corrected chi connectivity index (χ2v) is 3.82. The highest BCUT2D eigenvalue weighted by molar-refractivity contribution is 5.71. The molecule has 0 saturated carbocycles. The molecule has 15 heavy (non-hydrogen) atoms. The van der Waals surface area contributed by atoms with E-state index in [0.29, 0.717) is 18.1 Å². The second kappa shape index (κ2) is 4.49. The molecule has 0 aliphatic heterocycles. The van der Waals surface area contributed by atoms with Gasteiger partial charge in [0.05, 0.1) is 0 Å². The molecule has 0 aromatic carbocycles. The van der Waals surface area contributed by atoms with Crippen molar-refractivity contribution < 1.29 is 9.53 Å². The van der Waals surface area contributed by atoms with E-state index in [1.165, 1.54) is 0 Å². The number of aromatic nitrogens is 2. The monoisotopic (exact) mass is 208 g/mol. The summed E-state index contributed by atoms with van der Waals surface area (Å²) in [6.07, 6.45) is 0.722. The molecule has 0 saturated heterocycles. The summed E-state index contributed by atoms with van der Waals surface area (Å²) in [7, 11) is 0. The van der Waals surface area contributed by atoms with Crippen molar-refractivity contribution in [3.05, 3.63) is 23.3 Å². The average Bonchev–Trinajstić information content (AvgIpc) is 2.16. The summed E-state index contributed by atoms with van der Waals surface area (Å²) in [5, 5.41) is 0. The van der Waals surface area contributed by atoms with E-state index in [2.05, 4.69) is 9.97 Å². The third-order valence-electron chi connectivity index (χ3n) is 2.04. The Morgan fingerprint density at radius 3 is 2.67 bits per heavy atom. The van der Waals surface area contributed by atoms with E-state index in [0.717, 1.165) is 12.0 Å². The van der Waals surface area contributed by atoms with Crippen LogP contribution in [0.4, 0.5) is 0 Å². The molecule has 0 spiro atoms. The maximum absolute atomic E-state index is 10.7. The van der Waals surface area contributed by atoms with Gasteiger partial charge in [-0.2, -0.15) is 0 Å². The number of aryl methyl sites for hydroxylation is 1. The van der Waals surface area contributed by atoms with Crippen molar-refractivity contribution in [1.29, 1.82) is 0 Å². The summed E-state index contributed by atoms with van der Waals surface area (Å²) in [4.78, 5) is 19.1. The zero-order chi connectivity index (χ0) is 11.5. The molecule has 0 aliphatic rings. The summed E-state index contributed by atoms with van der Waals surface area (Å²) in [5.74, 6) is 0.548. The first-order chi connectivity index (χ1) is 6.99. The van der Waals surface area contributed by atoms with Crippen molar-refractivity contribution in [3.63, 3.8) is 0 Å². The molecule has 0 bridgehead atoms. The highest BCUT2D eigenvalue weighted by Gasteiger charge is 2.24. The predicted molar refractivity (Wildman–Crippen MR) is 56.8 cm³/mol. The van der Waals surface area contributed by atoms with E-state index in [-0.39, 0.29) is 0 Å². The van der Waals surface area contributed by atoms with Gasteiger partial charge in [0.1, 0.15) is 11.3 Å². The van der Waals surface area contributed by atoms with Crippen molar-refractivity contribution in [2.45, 2.75) is 33.3 Å². The number of carbonyl (C=O) groups excluding carboxylic acids is 1. The Labute approximate surface area is 89.7 Å². The Morgan fingerprint density at radius 2 is 2.13 bits per heavy atom. The first-order valence-electron chi connectivity index (χ1n) is 4.95. The largest absolute Gasteiger partial charge is 0.368 e. The van der Waals surface area contributed by atoms with Crippen LogP contribution in [0.25, 0.3) is 0 Å². The van der Waals surface area contributed by atoms with E-state index in [4.69, 9.17) is 4.74 Å². The third kappa shape index (κ3) is 2.83. The SMILES string of the molecule is CCOC(C)(C)c1nc(C)cc(C=O)n1. The summed E-state index contributed by atoms with van der Waals surface area (Å²) < 4.78 is 5.53. The zero-order valence-corrected chi connectivity index (χ0v) is 9.57. The van der Waals surface area contributed by atoms with E-state index in [1.807, 2.05) is 27.7 Å². The molecule has 1 rings (SSSR count). The quantitative estimate of drug-likeness (QED) is 0.709. The van der Waals surface area contributed by atoms with Gasteiger partial charge in [0.2, 0.25) is 0 Å². The molecule has 0 amide bonds. The van der Waals surface area contributed by atoms with E-state index in [9.17, 15) is 4.79 Å². The van der Waals surface area contributed by atoms with Gasteiger partial charge in [-0.1, -0.05) is 0 Å². The fourth-order valence-corrected chi connectivity index (χ4v) is 1.35. The number of carbonyl (C=O) groups is 1. The Balaban J connectivity index is 3.13. The molecule has 0 radical (unpaired) electrons. The van der Waals surface area contributed by atoms with Crippen LogP contribution in [-0.4, -0.2) is 22.9 Å². The van der Waals surface area contributed by atoms with Crippen molar-refractivity contribution in [2.75, 3.05) is 6.61 Å². The number of aldehydes is 1. The van der Waals surface area contributed by atoms with Crippen LogP contribution in [0.3, 0.4) is 0 Å². The van der Waals surface area contributed by atoms with Gasteiger partial charge in [0.15, 0.2) is 12.1 Å². The highest BCUT2D eigenvalue weighted by atomic mass is 16.5. The number of hydrogen-bond acceptors (Lipinski definition) is 4. The van der Waals surface area contributed by atoms with Crippen LogP contribution in [0, 0.1) is 6.92 Å². The van der Waals surface area contributed by atoms with Gasteiger partial charge in [-0.25, -0.2) is 9.97 Å². The fraction of sp³-hybridized carbons (Fsp3) is 0.545. The summed E-state index contributed by atoms with van der Waals surface area (Å²) in [6.45, 7) is 8.11. The molecule has 0 fully saturated rings. The van der Waals surface area contributed by atoms with Gasteiger partial charge in [-0.05, 0) is 33.8 Å². The minimum absolute atomic E-state index is 0.394. The predicted octanol–water partition coefficient (Wildman–Crippen LogP) is 1.87. The van der Waals surface area contributed by atoms with Crippen molar-refractivity contribution in [2.24, 2.45) is 0 Å². The summed E-state index contributed by atoms with van der Waals surface area (Å²) in [6, 6.07) is 1.65. The van der Waals surface area contributed by atoms with Gasteiger partial charge in [-0.15, -0.1) is 0 Å². The van der Waals surface area contributed by atoms with Crippen LogP contribution in [-0.2, 0) is 10.3 Å². The van der Waals surface area contributed by atoms with Crippen LogP contribution in [0.1, 0.15) is 42.8 Å². The topological polar surface area (TPSA) is 52.1 Å². The Morgan fingerprint density at radius 1 is 1.47 bits per heavy atom. The zero-order valence-electron chi connectivity index (χ0n) is 9.57. The minimum Gasteiger partial charge on any atom is -0.368 e. The van der Waals surface area contributed by atoms with Gasteiger partial charge in [-0.3, -0.25) is 4.79 Å². The van der Waals surface area contributed by atoms with E-state index < -0.39 is 5.60 Å². The molecule has 1 aromatic heterocycles. The average molecular weight is 208 g/mol. The lowest BCUT2D eigenvalue weighted by molar-refractivity contribution is -0.0209. The lowest BCUT2D eigenvalue weighted by Gasteiger charge is -2.23. The number of nitrogens with zero attached hydrogens (tertiary/aromatic N) is 2. The molecular formula is C11H16N2O2. The second-order valence-electron chi connectivity index (χ2n) is 3.82. The normalized spacial score (nSPS) is 11.5. The number of ether oxygens (including phenoxy) is 1. The standard InChI is InChI=1S/C11H16N2O2/c1-5-15-11(3,4)10-12-8(2)6-9(7-14)13-10/h6-7H,5H2,1-4H3. The van der Waals surface area contributed by atoms with Gasteiger partial charge < -0.3 is 4.74 Å². The highest BCUT2D eigenvalue weighted by Crippen LogP contribution is 2.21. The molecule has 0 N–H and O–H groups in total. The molecule has 0 aliphatic carbocycles. The first kappa shape index (κ1) is 11.8. The molecule has 0 atom stereocenters. The third-order valence-corrected chi connectivity index (χ3v) is 2.04. The summed E-state index contributed by atoms with van der Waals surface area (Å²) in [5.41, 5.74) is 0.610. The van der Waals surface area contributed by atoms with Crippen molar-refractivity contribution >= 4 is 6.29 Å². The Bertz CT molecular complexity index is 362. The smallest absolute Gasteiger partial charge is 0.168 e. The van der Waals surface area contributed by atoms with Crippen LogP contribution in [0.15, 0.2) is 6.07 Å². The molecule has 4 heteroatoms. The van der Waals surface area contributed by atoms with Gasteiger partial charge >= 0.3 is 0 Å². The van der Waals surface area contributed by atoms with Gasteiger partial charge in [0, 0.05) is 12.3 Å². The molecular weight excluding hydrogens is 192 g/mol. The summed E-state index contributed by atoms with van der Waals surface area (Å²) >= 11 is 0. The van der Waals surface area contributed by atoms with E-state index in [1.54, 1.807) is 6.07 Å². The first-order valence-corrected chi connectivity index (χ1v) is 4.95. The maximum atomic E-state index is 10.7. The number of rotatable bonds is 4. The van der Waals surface area contributed by atoms with Crippen molar-refractivity contribution in [1.82, 2.24) is 9.97 Å². The molecule has 4 nitrogen and oxygen atoms in total. The van der Waals surface area contributed by atoms with Crippen LogP contribution >= 0.6 is 0 Å². The Hall–Kier alpha value is -1.29. The lowest BCUT2D eigenvalue weighted by Crippen LogP contribution is -2.25. The molecule has 1 aromatic rings. The minimum atomic E-state index is -0.557.